The smallest absolute Gasteiger partial charge is 0.303 e. The molecule has 2 aliphatic rings. The van der Waals surface area contributed by atoms with E-state index in [1.54, 1.807) is 0 Å². The van der Waals surface area contributed by atoms with Gasteiger partial charge in [-0.3, -0.25) is 9.59 Å². The Morgan fingerprint density at radius 3 is 2.23 bits per heavy atom. The van der Waals surface area contributed by atoms with Crippen molar-refractivity contribution in [2.45, 2.75) is 83.0 Å². The monoisotopic (exact) mass is 600 g/mol. The maximum atomic E-state index is 12.0. The van der Waals surface area contributed by atoms with E-state index in [1.165, 1.54) is 32.1 Å². The molecular weight excluding hydrogens is 556 g/mol. The van der Waals surface area contributed by atoms with E-state index in [2.05, 4.69) is 22.3 Å². The molecule has 44 heavy (non-hydrogen) atoms. The third-order valence-electron chi connectivity index (χ3n) is 8.50. The molecule has 3 atom stereocenters. The van der Waals surface area contributed by atoms with Crippen molar-refractivity contribution >= 4 is 11.9 Å². The highest BCUT2D eigenvalue weighted by Crippen LogP contribution is 2.39. The normalized spacial score (nSPS) is 21.2. The van der Waals surface area contributed by atoms with E-state index in [1.807, 2.05) is 60.7 Å². The largest absolute Gasteiger partial charge is 0.481 e. The van der Waals surface area contributed by atoms with Gasteiger partial charge in [0.1, 0.15) is 0 Å². The van der Waals surface area contributed by atoms with E-state index < -0.39 is 12.3 Å². The minimum absolute atomic E-state index is 0.0141. The van der Waals surface area contributed by atoms with Crippen molar-refractivity contribution in [3.63, 3.8) is 0 Å². The van der Waals surface area contributed by atoms with Crippen LogP contribution in [0.3, 0.4) is 0 Å². The number of carbonyl (C=O) groups excluding carboxylic acids is 1. The quantitative estimate of drug-likeness (QED) is 0.243. The Bertz CT molecular complexity index is 1370. The van der Waals surface area contributed by atoms with Crippen LogP contribution in [0.1, 0.15) is 86.0 Å². The number of hydrogen-bond acceptors (Lipinski definition) is 6. The van der Waals surface area contributed by atoms with Crippen LogP contribution in [0.15, 0.2) is 72.8 Å². The van der Waals surface area contributed by atoms with Crippen molar-refractivity contribution in [3.05, 3.63) is 95.1 Å². The SMILES string of the molecule is O=C(O)CCC(=O)NCc1cccc(-c2cccc(C3OC(CN4CCCCCCC4)CC(c4ccc(CO)cc4)O3)c2)c1. The van der Waals surface area contributed by atoms with Gasteiger partial charge in [-0.1, -0.05) is 79.9 Å². The Morgan fingerprint density at radius 1 is 0.795 bits per heavy atom. The number of aliphatic hydroxyl groups is 1. The zero-order chi connectivity index (χ0) is 30.7. The molecule has 5 rings (SSSR count). The summed E-state index contributed by atoms with van der Waals surface area (Å²) in [5, 5.41) is 21.2. The van der Waals surface area contributed by atoms with E-state index in [-0.39, 0.29) is 37.6 Å². The van der Waals surface area contributed by atoms with Crippen molar-refractivity contribution in [1.82, 2.24) is 10.2 Å². The van der Waals surface area contributed by atoms with E-state index in [4.69, 9.17) is 14.6 Å². The summed E-state index contributed by atoms with van der Waals surface area (Å²) >= 11 is 0. The molecule has 0 spiro atoms. The molecule has 2 saturated heterocycles. The van der Waals surface area contributed by atoms with E-state index in [0.29, 0.717) is 6.54 Å². The second kappa shape index (κ2) is 16.0. The van der Waals surface area contributed by atoms with Crippen LogP contribution in [0.25, 0.3) is 11.1 Å². The fourth-order valence-electron chi connectivity index (χ4n) is 6.05. The van der Waals surface area contributed by atoms with Crippen molar-refractivity contribution in [1.29, 1.82) is 0 Å². The number of carboxylic acids is 1. The van der Waals surface area contributed by atoms with Gasteiger partial charge in [-0.15, -0.1) is 0 Å². The molecule has 2 aliphatic heterocycles. The molecule has 0 aromatic heterocycles. The number of aliphatic hydroxyl groups excluding tert-OH is 1. The highest BCUT2D eigenvalue weighted by molar-refractivity contribution is 5.80. The minimum Gasteiger partial charge on any atom is -0.481 e. The number of nitrogens with zero attached hydrogens (tertiary/aromatic N) is 1. The van der Waals surface area contributed by atoms with E-state index in [0.717, 1.165) is 59.4 Å². The first-order valence-corrected chi connectivity index (χ1v) is 15.9. The van der Waals surface area contributed by atoms with Crippen LogP contribution in [0, 0.1) is 0 Å². The van der Waals surface area contributed by atoms with Crippen LogP contribution in [0.5, 0.6) is 0 Å². The number of amides is 1. The molecule has 0 saturated carbocycles. The number of benzene rings is 3. The van der Waals surface area contributed by atoms with Crippen LogP contribution >= 0.6 is 0 Å². The Kier molecular flexibility index (Phi) is 11.5. The van der Waals surface area contributed by atoms with Gasteiger partial charge in [0.2, 0.25) is 5.91 Å². The fraction of sp³-hybridized carbons (Fsp3) is 0.444. The lowest BCUT2D eigenvalue weighted by Crippen LogP contribution is -2.40. The fourth-order valence-corrected chi connectivity index (χ4v) is 6.05. The minimum atomic E-state index is -0.984. The van der Waals surface area contributed by atoms with Gasteiger partial charge < -0.3 is 29.9 Å². The number of aliphatic carboxylic acids is 1. The lowest BCUT2D eigenvalue weighted by Gasteiger charge is -2.39. The van der Waals surface area contributed by atoms with Crippen molar-refractivity contribution < 1.29 is 29.3 Å². The van der Waals surface area contributed by atoms with Gasteiger partial charge in [0.15, 0.2) is 6.29 Å². The van der Waals surface area contributed by atoms with Crippen molar-refractivity contribution in [2.24, 2.45) is 0 Å². The van der Waals surface area contributed by atoms with Crippen molar-refractivity contribution in [3.8, 4) is 11.1 Å². The van der Waals surface area contributed by atoms with Crippen LogP contribution in [-0.2, 0) is 32.2 Å². The topological polar surface area (TPSA) is 108 Å². The summed E-state index contributed by atoms with van der Waals surface area (Å²) in [7, 11) is 0. The lowest BCUT2D eigenvalue weighted by atomic mass is 9.98. The second-order valence-electron chi connectivity index (χ2n) is 11.9. The summed E-state index contributed by atoms with van der Waals surface area (Å²) in [6.07, 6.45) is 6.28. The Balaban J connectivity index is 1.32. The molecular formula is C36H44N2O6. The summed E-state index contributed by atoms with van der Waals surface area (Å²) < 4.78 is 13.3. The molecule has 2 heterocycles. The van der Waals surface area contributed by atoms with Gasteiger partial charge in [0.05, 0.1) is 25.2 Å². The Morgan fingerprint density at radius 2 is 1.50 bits per heavy atom. The molecule has 2 fully saturated rings. The predicted molar refractivity (Wildman–Crippen MR) is 169 cm³/mol. The van der Waals surface area contributed by atoms with Crippen molar-refractivity contribution in [2.75, 3.05) is 19.6 Å². The molecule has 0 bridgehead atoms. The third-order valence-corrected chi connectivity index (χ3v) is 8.50. The maximum Gasteiger partial charge on any atom is 0.303 e. The van der Waals surface area contributed by atoms with Gasteiger partial charge >= 0.3 is 5.97 Å². The number of nitrogens with one attached hydrogen (secondary N) is 1. The highest BCUT2D eigenvalue weighted by atomic mass is 16.7. The number of ether oxygens (including phenoxy) is 2. The first-order valence-electron chi connectivity index (χ1n) is 15.9. The standard InChI is InChI=1S/C36H44N2O6/c39-25-26-12-14-28(15-13-26)33-22-32(24-38-18-4-2-1-3-5-19-38)43-36(44-33)31-11-7-10-30(21-31)29-9-6-8-27(20-29)23-37-34(40)16-17-35(41)42/h6-15,20-21,32-33,36,39H,1-5,16-19,22-25H2,(H,37,40)(H,41,42). The Hall–Kier alpha value is -3.56. The summed E-state index contributed by atoms with van der Waals surface area (Å²) in [5.41, 5.74) is 5.87. The molecule has 3 aromatic rings. The average Bonchev–Trinajstić information content (AvgIpc) is 3.04. The Labute approximate surface area is 260 Å². The van der Waals surface area contributed by atoms with Crippen LogP contribution in [-0.4, -0.2) is 52.7 Å². The van der Waals surface area contributed by atoms with Crippen LogP contribution in [0.2, 0.25) is 0 Å². The number of likely N-dealkylation sites (tertiary alicyclic amines) is 1. The summed E-state index contributed by atoms with van der Waals surface area (Å²) in [4.78, 5) is 25.3. The zero-order valence-corrected chi connectivity index (χ0v) is 25.3. The first kappa shape index (κ1) is 31.9. The molecule has 8 nitrogen and oxygen atoms in total. The number of carbonyl (C=O) groups is 2. The maximum absolute atomic E-state index is 12.0. The lowest BCUT2D eigenvalue weighted by molar-refractivity contribution is -0.253. The van der Waals surface area contributed by atoms with Gasteiger partial charge in [-0.25, -0.2) is 0 Å². The molecule has 3 aromatic carbocycles. The summed E-state index contributed by atoms with van der Waals surface area (Å²) in [5.74, 6) is -1.26. The van der Waals surface area contributed by atoms with Gasteiger partial charge in [0, 0.05) is 31.5 Å². The number of hydrogen-bond donors (Lipinski definition) is 3. The zero-order valence-electron chi connectivity index (χ0n) is 25.3. The number of rotatable bonds is 11. The van der Waals surface area contributed by atoms with E-state index >= 15 is 0 Å². The molecule has 0 aliphatic carbocycles. The average molecular weight is 601 g/mol. The molecule has 234 valence electrons. The van der Waals surface area contributed by atoms with Crippen LogP contribution < -0.4 is 5.32 Å². The van der Waals surface area contributed by atoms with Crippen LogP contribution in [0.4, 0.5) is 0 Å². The molecule has 0 radical (unpaired) electrons. The molecule has 8 heteroatoms. The number of carboxylic acid groups (broad SMARTS) is 1. The van der Waals surface area contributed by atoms with Gasteiger partial charge in [0.25, 0.3) is 0 Å². The summed E-state index contributed by atoms with van der Waals surface area (Å²) in [6.45, 7) is 3.43. The first-order chi connectivity index (χ1) is 21.5. The molecule has 3 unspecified atom stereocenters. The predicted octanol–water partition coefficient (Wildman–Crippen LogP) is 6.14. The van der Waals surface area contributed by atoms with Gasteiger partial charge in [-0.2, -0.15) is 0 Å². The highest BCUT2D eigenvalue weighted by Gasteiger charge is 2.33. The van der Waals surface area contributed by atoms with Gasteiger partial charge in [-0.05, 0) is 65.9 Å². The summed E-state index contributed by atoms with van der Waals surface area (Å²) in [6, 6.07) is 24.2. The molecule has 3 N–H and O–H groups in total. The second-order valence-corrected chi connectivity index (χ2v) is 11.9. The molecule has 1 amide bonds. The third kappa shape index (κ3) is 9.22. The van der Waals surface area contributed by atoms with E-state index in [9.17, 15) is 14.7 Å².